The summed E-state index contributed by atoms with van der Waals surface area (Å²) in [5.74, 6) is 0. The van der Waals surface area contributed by atoms with Gasteiger partial charge in [-0.25, -0.2) is 0 Å². The van der Waals surface area contributed by atoms with Crippen LogP contribution in [-0.4, -0.2) is 9.52 Å². The van der Waals surface area contributed by atoms with Crippen molar-refractivity contribution in [2.24, 2.45) is 0 Å². The molecule has 4 heteroatoms. The molecule has 0 spiro atoms. The summed E-state index contributed by atoms with van der Waals surface area (Å²) in [5, 5.41) is 2.93. The molecule has 1 atom stereocenters. The molecule has 9 rings (SSSR count). The van der Waals surface area contributed by atoms with E-state index in [1.54, 1.807) is 0 Å². The van der Waals surface area contributed by atoms with Crippen molar-refractivity contribution in [1.82, 2.24) is 0 Å². The van der Waals surface area contributed by atoms with Crippen molar-refractivity contribution in [3.8, 4) is 44.5 Å². The minimum absolute atomic E-state index is 0.0771. The molecule has 1 unspecified atom stereocenters. The van der Waals surface area contributed by atoms with Crippen LogP contribution in [0.3, 0.4) is 0 Å². The van der Waals surface area contributed by atoms with E-state index in [4.69, 9.17) is 17.0 Å². The van der Waals surface area contributed by atoms with Crippen LogP contribution in [0.15, 0.2) is 170 Å². The van der Waals surface area contributed by atoms with Crippen LogP contribution in [0.1, 0.15) is 20.3 Å². The number of halogens is 2. The van der Waals surface area contributed by atoms with E-state index < -0.39 is 27.4 Å². The van der Waals surface area contributed by atoms with Crippen molar-refractivity contribution < 1.29 is 17.9 Å². The zero-order chi connectivity index (χ0) is 33.0. The number of benzene rings is 7. The molecule has 49 heavy (non-hydrogen) atoms. The normalized spacial score (nSPS) is 15.1. The molecule has 234 valence electrons. The van der Waals surface area contributed by atoms with Gasteiger partial charge in [0.15, 0.2) is 0 Å². The maximum absolute atomic E-state index is 8.11. The van der Waals surface area contributed by atoms with Crippen molar-refractivity contribution >= 4 is 51.8 Å². The third-order valence-electron chi connectivity index (χ3n) is 10.2. The van der Waals surface area contributed by atoms with Gasteiger partial charge in [-0.15, -0.1) is 0 Å². The van der Waals surface area contributed by atoms with Crippen LogP contribution >= 0.6 is 17.0 Å². The fourth-order valence-electron chi connectivity index (χ4n) is 8.06. The van der Waals surface area contributed by atoms with Crippen LogP contribution in [0.25, 0.3) is 56.2 Å². The van der Waals surface area contributed by atoms with Crippen LogP contribution in [0.2, 0.25) is 0 Å². The molecule has 0 nitrogen and oxygen atoms in total. The number of rotatable bonds is 6. The van der Waals surface area contributed by atoms with Gasteiger partial charge in [0.1, 0.15) is 0 Å². The Bertz CT molecular complexity index is 2380. The number of hydrogen-bond donors (Lipinski definition) is 0. The second kappa shape index (κ2) is 12.7. The summed E-state index contributed by atoms with van der Waals surface area (Å²) in [4.78, 5) is 0. The molecule has 0 aromatic heterocycles. The Hall–Kier alpha value is -4.04. The van der Waals surface area contributed by atoms with E-state index >= 15 is 0 Å². The summed E-state index contributed by atoms with van der Waals surface area (Å²) in [6.45, 7) is 0. The fraction of sp³-hybridized carbons (Fsp3) is 0.0222. The predicted octanol–water partition coefficient (Wildman–Crippen LogP) is 10.2. The van der Waals surface area contributed by atoms with E-state index in [2.05, 4.69) is 176 Å². The van der Waals surface area contributed by atoms with Crippen LogP contribution in [0.4, 0.5) is 0 Å². The van der Waals surface area contributed by atoms with Gasteiger partial charge < -0.3 is 0 Å². The standard InChI is InChI=1S/C33H23.C12H9Si.2ClH.Zr/c1-4-12-24(13-5-1)28-22-27-20-21-30(26-16-8-3-9-17-26)33(32(27)23-28)31-19-11-10-18-29(31)25-14-6-2-7-15-25;1-3-7-11-9(5-1)10-6-2-4-8-12(10)13-11;;;/h1-23H;1-7H,13H2;2*1H;/q;;;;+2/p-2. The summed E-state index contributed by atoms with van der Waals surface area (Å²) >= 11 is -4.26. The quantitative estimate of drug-likeness (QED) is 0.148. The monoisotopic (exact) mass is 760 g/mol. The molecule has 1 aliphatic carbocycles. The van der Waals surface area contributed by atoms with Crippen molar-refractivity contribution in [1.29, 1.82) is 0 Å². The van der Waals surface area contributed by atoms with Gasteiger partial charge in [0.25, 0.3) is 0 Å². The molecule has 2 aliphatic rings. The summed E-state index contributed by atoms with van der Waals surface area (Å²) in [5.41, 5.74) is 14.8. The summed E-state index contributed by atoms with van der Waals surface area (Å²) in [7, 11) is 15.5. The van der Waals surface area contributed by atoms with Gasteiger partial charge >= 0.3 is 304 Å². The SMILES string of the molecule is [Cl][Zr]([Cl])([c]1cccc2c1[SiH2]c1ccccc1-2)[CH]1C(c2ccccc2)=Cc2c1ccc(-c1ccccc1)c2-c1ccccc1-c1ccccc1. The third kappa shape index (κ3) is 5.29. The molecule has 0 N–H and O–H groups in total. The van der Waals surface area contributed by atoms with E-state index in [0.29, 0.717) is 0 Å². The Morgan fingerprint density at radius 1 is 0.449 bits per heavy atom. The Morgan fingerprint density at radius 3 is 1.69 bits per heavy atom. The van der Waals surface area contributed by atoms with Crippen LogP contribution in [0.5, 0.6) is 0 Å². The first-order valence-electron chi connectivity index (χ1n) is 16.8. The van der Waals surface area contributed by atoms with Gasteiger partial charge in [-0.2, -0.15) is 0 Å². The van der Waals surface area contributed by atoms with Gasteiger partial charge in [-0.05, 0) is 0 Å². The molecule has 0 fully saturated rings. The molecule has 7 aromatic carbocycles. The van der Waals surface area contributed by atoms with Crippen LogP contribution < -0.4 is 13.6 Å². The van der Waals surface area contributed by atoms with E-state index in [1.807, 2.05) is 0 Å². The van der Waals surface area contributed by atoms with Gasteiger partial charge in [0.05, 0.1) is 0 Å². The minimum atomic E-state index is -4.26. The van der Waals surface area contributed by atoms with Crippen LogP contribution in [0, 0.1) is 0 Å². The summed E-state index contributed by atoms with van der Waals surface area (Å²) in [6, 6.07) is 61.3. The Balaban J connectivity index is 1.31. The van der Waals surface area contributed by atoms with E-state index in [0.717, 1.165) is 0 Å². The third-order valence-corrected chi connectivity index (χ3v) is 24.4. The summed E-state index contributed by atoms with van der Waals surface area (Å²) in [6.07, 6.45) is 2.42. The molecule has 0 bridgehead atoms. The molecule has 0 radical (unpaired) electrons. The van der Waals surface area contributed by atoms with E-state index in [-0.39, 0.29) is 3.63 Å². The van der Waals surface area contributed by atoms with Crippen molar-refractivity contribution in [2.75, 3.05) is 0 Å². The molecule has 7 aromatic rings. The Morgan fingerprint density at radius 2 is 1.00 bits per heavy atom. The molecular formula is C45H32Cl2SiZr. The molecule has 0 saturated heterocycles. The van der Waals surface area contributed by atoms with Gasteiger partial charge in [-0.1, -0.05) is 0 Å². The van der Waals surface area contributed by atoms with Gasteiger partial charge in [0.2, 0.25) is 0 Å². The molecule has 0 amide bonds. The Labute approximate surface area is 302 Å². The zero-order valence-corrected chi connectivity index (χ0v) is 32.2. The Kier molecular flexibility index (Phi) is 8.02. The molecule has 1 aliphatic heterocycles. The van der Waals surface area contributed by atoms with Crippen LogP contribution in [-0.2, 0) is 17.9 Å². The second-order valence-corrected chi connectivity index (χ2v) is 28.8. The average molecular weight is 763 g/mol. The maximum atomic E-state index is 8.11. The predicted molar refractivity (Wildman–Crippen MR) is 211 cm³/mol. The van der Waals surface area contributed by atoms with Crippen molar-refractivity contribution in [2.45, 2.75) is 3.63 Å². The first-order valence-corrected chi connectivity index (χ1v) is 27.2. The van der Waals surface area contributed by atoms with Crippen molar-refractivity contribution in [3.63, 3.8) is 0 Å². The molecule has 0 saturated carbocycles. The molecular weight excluding hydrogens is 731 g/mol. The first-order chi connectivity index (χ1) is 24.1. The van der Waals surface area contributed by atoms with E-state index in [1.165, 1.54) is 80.4 Å². The fourth-order valence-corrected chi connectivity index (χ4v) is 24.5. The number of allylic oxidation sites excluding steroid dienone is 1. The average Bonchev–Trinajstić information content (AvgIpc) is 3.75. The molecule has 1 heterocycles. The summed E-state index contributed by atoms with van der Waals surface area (Å²) < 4.78 is 1.17. The topological polar surface area (TPSA) is 0 Å². The first kappa shape index (κ1) is 31.0. The van der Waals surface area contributed by atoms with Crippen molar-refractivity contribution in [3.05, 3.63) is 187 Å². The van der Waals surface area contributed by atoms with Gasteiger partial charge in [0, 0.05) is 0 Å². The zero-order valence-electron chi connectivity index (χ0n) is 26.8. The van der Waals surface area contributed by atoms with E-state index in [9.17, 15) is 0 Å². The number of hydrogen-bond acceptors (Lipinski definition) is 0. The van der Waals surface area contributed by atoms with Gasteiger partial charge in [-0.3, -0.25) is 0 Å². The second-order valence-electron chi connectivity index (χ2n) is 13.0. The number of fused-ring (bicyclic) bond motifs is 4.